The second kappa shape index (κ2) is 10.1. The lowest BCUT2D eigenvalue weighted by atomic mass is 9.98. The summed E-state index contributed by atoms with van der Waals surface area (Å²) in [6.45, 7) is 4.36. The van der Waals surface area contributed by atoms with E-state index in [4.69, 9.17) is 28.2 Å². The van der Waals surface area contributed by atoms with E-state index in [2.05, 4.69) is 41.6 Å². The van der Waals surface area contributed by atoms with Crippen molar-refractivity contribution in [1.29, 1.82) is 0 Å². The average molecular weight is 514 g/mol. The summed E-state index contributed by atoms with van der Waals surface area (Å²) in [7, 11) is 0. The zero-order chi connectivity index (χ0) is 25.2. The van der Waals surface area contributed by atoms with Crippen LogP contribution in [-0.4, -0.2) is 16.0 Å². The SMILES string of the molecule is CC[C@H](C)c1ccc2oc(-c3ccc(Cl)c(NC(=S)NC(=O)c4cccc5ccccc45)c3)nc2c1. The number of thiocarbonyl (C=S) groups is 1. The number of aromatic nitrogens is 1. The zero-order valence-electron chi connectivity index (χ0n) is 19.8. The second-order valence-corrected chi connectivity index (χ2v) is 9.50. The molecule has 0 fully saturated rings. The van der Waals surface area contributed by atoms with Gasteiger partial charge in [-0.1, -0.05) is 67.9 Å². The Hall–Kier alpha value is -3.74. The molecule has 0 aliphatic rings. The van der Waals surface area contributed by atoms with E-state index in [1.165, 1.54) is 5.56 Å². The molecule has 4 aromatic carbocycles. The summed E-state index contributed by atoms with van der Waals surface area (Å²) in [6.07, 6.45) is 1.05. The van der Waals surface area contributed by atoms with Crippen molar-refractivity contribution in [2.75, 3.05) is 5.32 Å². The maximum absolute atomic E-state index is 12.9. The van der Waals surface area contributed by atoms with Crippen LogP contribution < -0.4 is 10.6 Å². The Labute approximate surface area is 219 Å². The predicted octanol–water partition coefficient (Wildman–Crippen LogP) is 7.94. The third-order valence-electron chi connectivity index (χ3n) is 6.32. The van der Waals surface area contributed by atoms with Crippen molar-refractivity contribution in [3.8, 4) is 11.5 Å². The third kappa shape index (κ3) is 4.83. The number of benzene rings is 4. The first-order valence-electron chi connectivity index (χ1n) is 11.7. The highest BCUT2D eigenvalue weighted by molar-refractivity contribution is 7.80. The van der Waals surface area contributed by atoms with Crippen LogP contribution in [0.5, 0.6) is 0 Å². The van der Waals surface area contributed by atoms with E-state index in [0.717, 1.165) is 33.9 Å². The lowest BCUT2D eigenvalue weighted by Crippen LogP contribution is -2.34. The lowest BCUT2D eigenvalue weighted by Gasteiger charge is -2.12. The van der Waals surface area contributed by atoms with Gasteiger partial charge in [0.25, 0.3) is 5.91 Å². The van der Waals surface area contributed by atoms with Gasteiger partial charge in [-0.25, -0.2) is 4.98 Å². The maximum Gasteiger partial charge on any atom is 0.258 e. The first kappa shape index (κ1) is 24.0. The molecule has 5 rings (SSSR count). The minimum atomic E-state index is -0.298. The molecule has 5 aromatic rings. The molecule has 0 bridgehead atoms. The summed E-state index contributed by atoms with van der Waals surface area (Å²) in [4.78, 5) is 17.6. The third-order valence-corrected chi connectivity index (χ3v) is 6.85. The molecule has 1 amide bonds. The maximum atomic E-state index is 12.9. The first-order valence-corrected chi connectivity index (χ1v) is 12.5. The molecule has 0 spiro atoms. The summed E-state index contributed by atoms with van der Waals surface area (Å²) >= 11 is 11.8. The zero-order valence-corrected chi connectivity index (χ0v) is 21.4. The van der Waals surface area contributed by atoms with E-state index < -0.39 is 0 Å². The van der Waals surface area contributed by atoms with Crippen molar-refractivity contribution in [1.82, 2.24) is 10.3 Å². The van der Waals surface area contributed by atoms with Crippen LogP contribution in [0.1, 0.15) is 42.1 Å². The number of amides is 1. The Kier molecular flexibility index (Phi) is 6.72. The molecular formula is C29H24ClN3O2S. The number of hydrogen-bond donors (Lipinski definition) is 2. The Bertz CT molecular complexity index is 1610. The van der Waals surface area contributed by atoms with E-state index in [0.29, 0.717) is 28.1 Å². The number of carbonyl (C=O) groups is 1. The topological polar surface area (TPSA) is 67.2 Å². The number of anilines is 1. The van der Waals surface area contributed by atoms with E-state index in [9.17, 15) is 4.79 Å². The summed E-state index contributed by atoms with van der Waals surface area (Å²) in [5, 5.41) is 8.21. The molecule has 0 saturated carbocycles. The highest BCUT2D eigenvalue weighted by Gasteiger charge is 2.15. The molecule has 180 valence electrons. The van der Waals surface area contributed by atoms with Crippen LogP contribution in [0.15, 0.2) is 83.3 Å². The molecule has 5 nitrogen and oxygen atoms in total. The van der Waals surface area contributed by atoms with E-state index >= 15 is 0 Å². The Balaban J connectivity index is 1.36. The number of oxazole rings is 1. The Morgan fingerprint density at radius 3 is 2.69 bits per heavy atom. The van der Waals surface area contributed by atoms with Gasteiger partial charge in [-0.3, -0.25) is 10.1 Å². The largest absolute Gasteiger partial charge is 0.436 e. The van der Waals surface area contributed by atoms with E-state index in [1.54, 1.807) is 18.2 Å². The molecular weight excluding hydrogens is 490 g/mol. The molecule has 36 heavy (non-hydrogen) atoms. The van der Waals surface area contributed by atoms with Gasteiger partial charge in [-0.05, 0) is 77.3 Å². The van der Waals surface area contributed by atoms with Crippen molar-refractivity contribution in [2.24, 2.45) is 0 Å². The van der Waals surface area contributed by atoms with Gasteiger partial charge in [0.2, 0.25) is 5.89 Å². The molecule has 2 N–H and O–H groups in total. The van der Waals surface area contributed by atoms with Gasteiger partial charge >= 0.3 is 0 Å². The number of fused-ring (bicyclic) bond motifs is 2. The highest BCUT2D eigenvalue weighted by Crippen LogP contribution is 2.32. The minimum absolute atomic E-state index is 0.141. The number of nitrogens with zero attached hydrogens (tertiary/aromatic N) is 1. The molecule has 0 aliphatic carbocycles. The van der Waals surface area contributed by atoms with Gasteiger partial charge in [0.05, 0.1) is 10.7 Å². The molecule has 1 heterocycles. The van der Waals surface area contributed by atoms with Crippen molar-refractivity contribution in [2.45, 2.75) is 26.2 Å². The van der Waals surface area contributed by atoms with Gasteiger partial charge in [0.15, 0.2) is 10.7 Å². The summed E-state index contributed by atoms with van der Waals surface area (Å²) in [5.74, 6) is 0.635. The first-order chi connectivity index (χ1) is 17.4. The van der Waals surface area contributed by atoms with Gasteiger partial charge in [-0.2, -0.15) is 0 Å². The Morgan fingerprint density at radius 2 is 1.86 bits per heavy atom. The fourth-order valence-electron chi connectivity index (χ4n) is 4.11. The number of nitrogens with one attached hydrogen (secondary N) is 2. The van der Waals surface area contributed by atoms with Crippen LogP contribution >= 0.6 is 23.8 Å². The van der Waals surface area contributed by atoms with Gasteiger partial charge < -0.3 is 9.73 Å². The number of hydrogen-bond acceptors (Lipinski definition) is 4. The summed E-state index contributed by atoms with van der Waals surface area (Å²) in [5.41, 5.74) is 4.59. The van der Waals surface area contributed by atoms with Crippen LogP contribution in [0, 0.1) is 0 Å². The molecule has 0 radical (unpaired) electrons. The van der Waals surface area contributed by atoms with Crippen LogP contribution in [0.3, 0.4) is 0 Å². The molecule has 0 saturated heterocycles. The Morgan fingerprint density at radius 1 is 1.06 bits per heavy atom. The number of rotatable bonds is 5. The summed E-state index contributed by atoms with van der Waals surface area (Å²) in [6, 6.07) is 24.8. The lowest BCUT2D eigenvalue weighted by molar-refractivity contribution is 0.0979. The number of carbonyl (C=O) groups excluding carboxylic acids is 1. The summed E-state index contributed by atoms with van der Waals surface area (Å²) < 4.78 is 6.00. The second-order valence-electron chi connectivity index (χ2n) is 8.69. The van der Waals surface area contributed by atoms with Crippen molar-refractivity contribution >= 4 is 62.4 Å². The van der Waals surface area contributed by atoms with E-state index in [1.807, 2.05) is 48.5 Å². The predicted molar refractivity (Wildman–Crippen MR) is 151 cm³/mol. The highest BCUT2D eigenvalue weighted by atomic mass is 35.5. The van der Waals surface area contributed by atoms with Crippen LogP contribution in [0.25, 0.3) is 33.3 Å². The van der Waals surface area contributed by atoms with Gasteiger partial charge in [0, 0.05) is 11.1 Å². The monoisotopic (exact) mass is 513 g/mol. The van der Waals surface area contributed by atoms with E-state index in [-0.39, 0.29) is 11.0 Å². The normalized spacial score (nSPS) is 12.0. The van der Waals surface area contributed by atoms with Gasteiger partial charge in [0.1, 0.15) is 5.52 Å². The quantitative estimate of drug-likeness (QED) is 0.233. The number of halogens is 1. The van der Waals surface area contributed by atoms with Crippen molar-refractivity contribution < 1.29 is 9.21 Å². The van der Waals surface area contributed by atoms with Crippen LogP contribution in [0.4, 0.5) is 5.69 Å². The fourth-order valence-corrected chi connectivity index (χ4v) is 4.48. The fraction of sp³-hybridized carbons (Fsp3) is 0.138. The van der Waals surface area contributed by atoms with Crippen LogP contribution in [0.2, 0.25) is 5.02 Å². The smallest absolute Gasteiger partial charge is 0.258 e. The molecule has 0 unspecified atom stereocenters. The standard InChI is InChI=1S/C29H24ClN3O2S/c1-3-17(2)19-12-14-26-25(15-19)31-28(35-26)20-11-13-23(30)24(16-20)32-29(36)33-27(34)22-10-6-8-18-7-4-5-9-21(18)22/h4-17H,3H2,1-2H3,(H2,32,33,34,36)/t17-/m0/s1. The molecule has 1 atom stereocenters. The molecule has 7 heteroatoms. The van der Waals surface area contributed by atoms with Crippen molar-refractivity contribution in [3.05, 3.63) is 95.0 Å². The van der Waals surface area contributed by atoms with Crippen LogP contribution in [-0.2, 0) is 0 Å². The molecule has 1 aromatic heterocycles. The average Bonchev–Trinajstić information content (AvgIpc) is 3.32. The van der Waals surface area contributed by atoms with Gasteiger partial charge in [-0.15, -0.1) is 0 Å². The van der Waals surface area contributed by atoms with Crippen molar-refractivity contribution in [3.63, 3.8) is 0 Å². The molecule has 0 aliphatic heterocycles. The minimum Gasteiger partial charge on any atom is -0.436 e.